The van der Waals surface area contributed by atoms with Crippen LogP contribution >= 0.6 is 15.9 Å². The molecule has 1 aliphatic heterocycles. The Morgan fingerprint density at radius 1 is 1.63 bits per heavy atom. The van der Waals surface area contributed by atoms with Crippen molar-refractivity contribution in [1.82, 2.24) is 9.88 Å². The van der Waals surface area contributed by atoms with Crippen molar-refractivity contribution < 1.29 is 9.53 Å². The summed E-state index contributed by atoms with van der Waals surface area (Å²) in [6.45, 7) is 6.24. The first-order chi connectivity index (χ1) is 9.09. The van der Waals surface area contributed by atoms with Crippen LogP contribution in [0.15, 0.2) is 22.9 Å². The molecule has 0 saturated carbocycles. The van der Waals surface area contributed by atoms with E-state index in [1.165, 1.54) is 0 Å². The van der Waals surface area contributed by atoms with Crippen molar-refractivity contribution in [3.63, 3.8) is 0 Å². The lowest BCUT2D eigenvalue weighted by atomic mass is 10.0. The van der Waals surface area contributed by atoms with E-state index in [0.29, 0.717) is 31.2 Å². The Morgan fingerprint density at radius 2 is 2.42 bits per heavy atom. The van der Waals surface area contributed by atoms with Crippen LogP contribution in [0.1, 0.15) is 30.6 Å². The lowest BCUT2D eigenvalue weighted by Crippen LogP contribution is -2.49. The Hall–Kier alpha value is -0.940. The Kier molecular flexibility index (Phi) is 4.93. The molecule has 0 aliphatic carbocycles. The van der Waals surface area contributed by atoms with Crippen LogP contribution in [-0.4, -0.2) is 41.6 Å². The van der Waals surface area contributed by atoms with Gasteiger partial charge >= 0.3 is 0 Å². The lowest BCUT2D eigenvalue weighted by Gasteiger charge is -2.36. The molecule has 19 heavy (non-hydrogen) atoms. The molecule has 5 heteroatoms. The van der Waals surface area contributed by atoms with Crippen LogP contribution in [0.2, 0.25) is 0 Å². The third kappa shape index (κ3) is 3.54. The van der Waals surface area contributed by atoms with Gasteiger partial charge in [0, 0.05) is 23.4 Å². The van der Waals surface area contributed by atoms with E-state index in [9.17, 15) is 4.79 Å². The number of aromatic nitrogens is 1. The van der Waals surface area contributed by atoms with Gasteiger partial charge in [-0.2, -0.15) is 0 Å². The van der Waals surface area contributed by atoms with Gasteiger partial charge in [-0.05, 0) is 34.3 Å². The van der Waals surface area contributed by atoms with E-state index in [2.05, 4.69) is 34.8 Å². The molecule has 104 valence electrons. The van der Waals surface area contributed by atoms with Crippen molar-refractivity contribution in [2.75, 3.05) is 19.8 Å². The molecule has 1 aliphatic rings. The standard InChI is InChI=1S/C14H19BrN2O2/c1-10(2)7-11-9-19-6-5-17(11)14(18)12-3-4-16-8-13(12)15/h3-4,8,10-11H,5-7,9H2,1-2H3/t11-/m1/s1. The first-order valence-corrected chi connectivity index (χ1v) is 7.37. The number of nitrogens with zero attached hydrogens (tertiary/aromatic N) is 2. The fourth-order valence-electron chi connectivity index (χ4n) is 2.36. The fourth-order valence-corrected chi connectivity index (χ4v) is 2.78. The summed E-state index contributed by atoms with van der Waals surface area (Å²) in [6, 6.07) is 1.93. The van der Waals surface area contributed by atoms with Crippen LogP contribution in [0.3, 0.4) is 0 Å². The monoisotopic (exact) mass is 326 g/mol. The number of ether oxygens (including phenoxy) is 1. The zero-order valence-corrected chi connectivity index (χ0v) is 12.9. The number of hydrogen-bond donors (Lipinski definition) is 0. The number of carbonyl (C=O) groups excluding carboxylic acids is 1. The zero-order valence-electron chi connectivity index (χ0n) is 11.3. The van der Waals surface area contributed by atoms with E-state index in [4.69, 9.17) is 4.74 Å². The summed E-state index contributed by atoms with van der Waals surface area (Å²) in [7, 11) is 0. The third-order valence-corrected chi connectivity index (χ3v) is 3.87. The molecule has 1 atom stereocenters. The summed E-state index contributed by atoms with van der Waals surface area (Å²) >= 11 is 3.39. The number of carbonyl (C=O) groups is 1. The van der Waals surface area contributed by atoms with Gasteiger partial charge in [0.05, 0.1) is 24.8 Å². The minimum absolute atomic E-state index is 0.0585. The Bertz CT molecular complexity index is 451. The van der Waals surface area contributed by atoms with Gasteiger partial charge in [-0.15, -0.1) is 0 Å². The van der Waals surface area contributed by atoms with E-state index < -0.39 is 0 Å². The molecular weight excluding hydrogens is 308 g/mol. The molecule has 1 amide bonds. The highest BCUT2D eigenvalue weighted by molar-refractivity contribution is 9.10. The Morgan fingerprint density at radius 3 is 3.11 bits per heavy atom. The van der Waals surface area contributed by atoms with Crippen molar-refractivity contribution >= 4 is 21.8 Å². The molecule has 1 aromatic rings. The summed E-state index contributed by atoms with van der Waals surface area (Å²) in [5, 5.41) is 0. The van der Waals surface area contributed by atoms with Crippen LogP contribution in [0.25, 0.3) is 0 Å². The van der Waals surface area contributed by atoms with Gasteiger partial charge in [0.25, 0.3) is 5.91 Å². The maximum atomic E-state index is 12.6. The van der Waals surface area contributed by atoms with E-state index in [-0.39, 0.29) is 11.9 Å². The highest BCUT2D eigenvalue weighted by atomic mass is 79.9. The van der Waals surface area contributed by atoms with Crippen molar-refractivity contribution in [2.45, 2.75) is 26.3 Å². The zero-order chi connectivity index (χ0) is 13.8. The minimum atomic E-state index is 0.0585. The fraction of sp³-hybridized carbons (Fsp3) is 0.571. The van der Waals surface area contributed by atoms with Gasteiger partial charge in [-0.25, -0.2) is 0 Å². The molecule has 1 aromatic heterocycles. The highest BCUT2D eigenvalue weighted by Crippen LogP contribution is 2.22. The molecule has 0 spiro atoms. The van der Waals surface area contributed by atoms with E-state index >= 15 is 0 Å². The molecule has 0 unspecified atom stereocenters. The second kappa shape index (κ2) is 6.48. The molecule has 1 saturated heterocycles. The van der Waals surface area contributed by atoms with Crippen molar-refractivity contribution in [2.24, 2.45) is 5.92 Å². The first-order valence-electron chi connectivity index (χ1n) is 6.58. The van der Waals surface area contributed by atoms with Gasteiger partial charge in [-0.1, -0.05) is 13.8 Å². The molecular formula is C14H19BrN2O2. The number of pyridine rings is 1. The van der Waals surface area contributed by atoms with Crippen LogP contribution in [0.5, 0.6) is 0 Å². The highest BCUT2D eigenvalue weighted by Gasteiger charge is 2.29. The van der Waals surface area contributed by atoms with Crippen LogP contribution in [0.4, 0.5) is 0 Å². The van der Waals surface area contributed by atoms with Gasteiger partial charge in [-0.3, -0.25) is 9.78 Å². The SMILES string of the molecule is CC(C)C[C@@H]1COCCN1C(=O)c1ccncc1Br. The number of morpholine rings is 1. The maximum absolute atomic E-state index is 12.6. The number of amides is 1. The average molecular weight is 327 g/mol. The third-order valence-electron chi connectivity index (χ3n) is 3.23. The van der Waals surface area contributed by atoms with Crippen molar-refractivity contribution in [3.8, 4) is 0 Å². The normalized spacial score (nSPS) is 19.8. The molecule has 2 rings (SSSR count). The molecule has 0 bridgehead atoms. The van der Waals surface area contributed by atoms with Crippen molar-refractivity contribution in [3.05, 3.63) is 28.5 Å². The largest absolute Gasteiger partial charge is 0.377 e. The summed E-state index contributed by atoms with van der Waals surface area (Å²) in [6.07, 6.45) is 4.27. The van der Waals surface area contributed by atoms with Gasteiger partial charge in [0.15, 0.2) is 0 Å². The van der Waals surface area contributed by atoms with E-state index in [1.807, 2.05) is 4.90 Å². The summed E-state index contributed by atoms with van der Waals surface area (Å²) < 4.78 is 6.26. The number of hydrogen-bond acceptors (Lipinski definition) is 3. The Balaban J connectivity index is 2.18. The predicted molar refractivity (Wildman–Crippen MR) is 77.0 cm³/mol. The second-order valence-electron chi connectivity index (χ2n) is 5.21. The molecule has 2 heterocycles. The second-order valence-corrected chi connectivity index (χ2v) is 6.07. The van der Waals surface area contributed by atoms with Gasteiger partial charge in [0.1, 0.15) is 0 Å². The topological polar surface area (TPSA) is 42.4 Å². The van der Waals surface area contributed by atoms with Gasteiger partial charge in [0.2, 0.25) is 0 Å². The summed E-state index contributed by atoms with van der Waals surface area (Å²) in [5.74, 6) is 0.603. The van der Waals surface area contributed by atoms with E-state index in [1.54, 1.807) is 18.5 Å². The van der Waals surface area contributed by atoms with Gasteiger partial charge < -0.3 is 9.64 Å². The quantitative estimate of drug-likeness (QED) is 0.857. The molecule has 0 radical (unpaired) electrons. The number of rotatable bonds is 3. The van der Waals surface area contributed by atoms with Crippen LogP contribution < -0.4 is 0 Å². The number of halogens is 1. The van der Waals surface area contributed by atoms with Crippen molar-refractivity contribution in [1.29, 1.82) is 0 Å². The summed E-state index contributed by atoms with van der Waals surface area (Å²) in [5.41, 5.74) is 0.672. The lowest BCUT2D eigenvalue weighted by molar-refractivity contribution is -0.00751. The molecule has 4 nitrogen and oxygen atoms in total. The molecule has 0 aromatic carbocycles. The maximum Gasteiger partial charge on any atom is 0.255 e. The Labute approximate surface area is 122 Å². The predicted octanol–water partition coefficient (Wildman–Crippen LogP) is 2.73. The minimum Gasteiger partial charge on any atom is -0.377 e. The summed E-state index contributed by atoms with van der Waals surface area (Å²) in [4.78, 5) is 18.6. The van der Waals surface area contributed by atoms with E-state index in [0.717, 1.165) is 10.9 Å². The molecule has 0 N–H and O–H groups in total. The molecule has 1 fully saturated rings. The first kappa shape index (κ1) is 14.5. The van der Waals surface area contributed by atoms with Crippen LogP contribution in [0, 0.1) is 5.92 Å². The van der Waals surface area contributed by atoms with Crippen LogP contribution in [-0.2, 0) is 4.74 Å². The average Bonchev–Trinajstić information content (AvgIpc) is 2.38. The smallest absolute Gasteiger partial charge is 0.255 e.